The number of hydrogen-bond acceptors (Lipinski definition) is 2. The molecule has 3 rings (SSSR count). The molecular weight excluding hydrogens is 363 g/mol. The van der Waals surface area contributed by atoms with E-state index >= 15 is 0 Å². The van der Waals surface area contributed by atoms with E-state index in [1.165, 1.54) is 24.3 Å². The standard InChI is InChI=1S/C17H14BrFN2O2/c18-11-2-1-3-14(10-11)21-9-8-15(17(21)23)16(22)20-13-6-4-12(19)5-7-13/h1-7,10,15H,8-9H2,(H,20,22)/t15-/m0/s1. The average Bonchev–Trinajstić information content (AvgIpc) is 2.91. The van der Waals surface area contributed by atoms with E-state index in [4.69, 9.17) is 0 Å². The minimum atomic E-state index is -0.723. The molecular formula is C17H14BrFN2O2. The van der Waals surface area contributed by atoms with Gasteiger partial charge in [-0.25, -0.2) is 4.39 Å². The number of rotatable bonds is 3. The average molecular weight is 377 g/mol. The Morgan fingerprint density at radius 1 is 1.22 bits per heavy atom. The number of nitrogens with zero attached hydrogens (tertiary/aromatic N) is 1. The first-order valence-corrected chi connectivity index (χ1v) is 7.97. The van der Waals surface area contributed by atoms with Crippen LogP contribution in [0.2, 0.25) is 0 Å². The van der Waals surface area contributed by atoms with Crippen molar-refractivity contribution >= 4 is 39.1 Å². The lowest BCUT2D eigenvalue weighted by Gasteiger charge is -2.17. The highest BCUT2D eigenvalue weighted by Gasteiger charge is 2.37. The van der Waals surface area contributed by atoms with E-state index < -0.39 is 5.92 Å². The molecule has 1 heterocycles. The zero-order valence-electron chi connectivity index (χ0n) is 12.1. The Balaban J connectivity index is 1.71. The number of nitrogens with one attached hydrogen (secondary N) is 1. The Hall–Kier alpha value is -2.21. The second-order valence-electron chi connectivity index (χ2n) is 5.31. The lowest BCUT2D eigenvalue weighted by atomic mass is 10.1. The fraction of sp³-hybridized carbons (Fsp3) is 0.176. The number of benzene rings is 2. The Morgan fingerprint density at radius 2 is 1.96 bits per heavy atom. The Bertz CT molecular complexity index is 749. The maximum atomic E-state index is 12.9. The van der Waals surface area contributed by atoms with Gasteiger partial charge in [0.2, 0.25) is 11.8 Å². The predicted molar refractivity (Wildman–Crippen MR) is 89.6 cm³/mol. The molecule has 4 nitrogen and oxygen atoms in total. The van der Waals surface area contributed by atoms with Gasteiger partial charge in [0, 0.05) is 22.4 Å². The van der Waals surface area contributed by atoms with Crippen molar-refractivity contribution in [3.63, 3.8) is 0 Å². The van der Waals surface area contributed by atoms with Crippen LogP contribution in [0.15, 0.2) is 53.0 Å². The SMILES string of the molecule is O=C(Nc1ccc(F)cc1)[C@@H]1CCN(c2cccc(Br)c2)C1=O. The summed E-state index contributed by atoms with van der Waals surface area (Å²) in [4.78, 5) is 26.4. The molecule has 0 saturated carbocycles. The summed E-state index contributed by atoms with van der Waals surface area (Å²) in [5, 5.41) is 2.66. The van der Waals surface area contributed by atoms with Crippen molar-refractivity contribution in [2.75, 3.05) is 16.8 Å². The van der Waals surface area contributed by atoms with Gasteiger partial charge in [-0.05, 0) is 48.9 Å². The molecule has 2 aromatic rings. The molecule has 118 valence electrons. The molecule has 0 spiro atoms. The van der Waals surface area contributed by atoms with Crippen LogP contribution >= 0.6 is 15.9 Å². The first kappa shape index (κ1) is 15.7. The van der Waals surface area contributed by atoms with E-state index in [1.54, 1.807) is 4.90 Å². The van der Waals surface area contributed by atoms with Crippen molar-refractivity contribution in [3.05, 3.63) is 58.8 Å². The van der Waals surface area contributed by atoms with Crippen molar-refractivity contribution in [3.8, 4) is 0 Å². The lowest BCUT2D eigenvalue weighted by molar-refractivity contribution is -0.129. The minimum Gasteiger partial charge on any atom is -0.325 e. The maximum Gasteiger partial charge on any atom is 0.239 e. The number of anilines is 2. The molecule has 6 heteroatoms. The number of carbonyl (C=O) groups excluding carboxylic acids is 2. The second kappa shape index (κ2) is 6.50. The minimum absolute atomic E-state index is 0.220. The van der Waals surface area contributed by atoms with Crippen molar-refractivity contribution in [1.82, 2.24) is 0 Å². The number of halogens is 2. The first-order valence-electron chi connectivity index (χ1n) is 7.18. The van der Waals surface area contributed by atoms with Gasteiger partial charge in [0.25, 0.3) is 0 Å². The Labute approximate surface area is 141 Å². The number of hydrogen-bond donors (Lipinski definition) is 1. The summed E-state index contributed by atoms with van der Waals surface area (Å²) in [5.41, 5.74) is 1.24. The highest BCUT2D eigenvalue weighted by atomic mass is 79.9. The van der Waals surface area contributed by atoms with E-state index in [0.29, 0.717) is 18.7 Å². The van der Waals surface area contributed by atoms with E-state index in [1.807, 2.05) is 24.3 Å². The molecule has 0 aromatic heterocycles. The van der Waals surface area contributed by atoms with Gasteiger partial charge in [0.15, 0.2) is 0 Å². The van der Waals surface area contributed by atoms with Crippen molar-refractivity contribution in [2.45, 2.75) is 6.42 Å². The summed E-state index contributed by atoms with van der Waals surface area (Å²) in [6.07, 6.45) is 0.457. The van der Waals surface area contributed by atoms with Gasteiger partial charge in [0.05, 0.1) is 0 Å². The molecule has 1 aliphatic rings. The Kier molecular flexibility index (Phi) is 4.43. The molecule has 2 aromatic carbocycles. The molecule has 1 saturated heterocycles. The van der Waals surface area contributed by atoms with Gasteiger partial charge in [-0.3, -0.25) is 9.59 Å². The monoisotopic (exact) mass is 376 g/mol. The third-order valence-corrected chi connectivity index (χ3v) is 4.25. The van der Waals surface area contributed by atoms with Crippen LogP contribution < -0.4 is 10.2 Å². The summed E-state index contributed by atoms with van der Waals surface area (Å²) in [6.45, 7) is 0.497. The molecule has 1 N–H and O–H groups in total. The number of carbonyl (C=O) groups is 2. The van der Waals surface area contributed by atoms with Gasteiger partial charge in [0.1, 0.15) is 11.7 Å². The zero-order chi connectivity index (χ0) is 16.4. The third kappa shape index (κ3) is 3.42. The summed E-state index contributed by atoms with van der Waals surface area (Å²) in [5.74, 6) is -1.68. The van der Waals surface area contributed by atoms with Crippen LogP contribution in [0.5, 0.6) is 0 Å². The molecule has 2 amide bonds. The maximum absolute atomic E-state index is 12.9. The normalized spacial score (nSPS) is 17.4. The molecule has 1 atom stereocenters. The van der Waals surface area contributed by atoms with E-state index in [2.05, 4.69) is 21.2 Å². The van der Waals surface area contributed by atoms with Crippen LogP contribution in [0.1, 0.15) is 6.42 Å². The number of amides is 2. The topological polar surface area (TPSA) is 49.4 Å². The van der Waals surface area contributed by atoms with Crippen molar-refractivity contribution in [2.24, 2.45) is 5.92 Å². The van der Waals surface area contributed by atoms with E-state index in [9.17, 15) is 14.0 Å². The predicted octanol–water partition coefficient (Wildman–Crippen LogP) is 3.58. The molecule has 0 aliphatic carbocycles. The summed E-state index contributed by atoms with van der Waals surface area (Å²) >= 11 is 3.38. The van der Waals surface area contributed by atoms with Crippen LogP contribution in [0.3, 0.4) is 0 Å². The molecule has 0 radical (unpaired) electrons. The molecule has 1 fully saturated rings. The Morgan fingerprint density at radius 3 is 2.65 bits per heavy atom. The van der Waals surface area contributed by atoms with Crippen molar-refractivity contribution < 1.29 is 14.0 Å². The van der Waals surface area contributed by atoms with Crippen LogP contribution in [-0.2, 0) is 9.59 Å². The third-order valence-electron chi connectivity index (χ3n) is 3.75. The largest absolute Gasteiger partial charge is 0.325 e. The highest BCUT2D eigenvalue weighted by molar-refractivity contribution is 9.10. The second-order valence-corrected chi connectivity index (χ2v) is 6.22. The lowest BCUT2D eigenvalue weighted by Crippen LogP contribution is -2.33. The fourth-order valence-corrected chi connectivity index (χ4v) is 2.97. The quantitative estimate of drug-likeness (QED) is 0.832. The molecule has 1 aliphatic heterocycles. The molecule has 23 heavy (non-hydrogen) atoms. The smallest absolute Gasteiger partial charge is 0.239 e. The van der Waals surface area contributed by atoms with Gasteiger partial charge < -0.3 is 10.2 Å². The summed E-state index contributed by atoms with van der Waals surface area (Å²) in [7, 11) is 0. The van der Waals surface area contributed by atoms with Gasteiger partial charge in [-0.2, -0.15) is 0 Å². The zero-order valence-corrected chi connectivity index (χ0v) is 13.7. The fourth-order valence-electron chi connectivity index (χ4n) is 2.59. The highest BCUT2D eigenvalue weighted by Crippen LogP contribution is 2.28. The van der Waals surface area contributed by atoms with Gasteiger partial charge in [-0.1, -0.05) is 22.0 Å². The van der Waals surface area contributed by atoms with Crippen LogP contribution in [-0.4, -0.2) is 18.4 Å². The van der Waals surface area contributed by atoms with Crippen LogP contribution in [0.4, 0.5) is 15.8 Å². The summed E-state index contributed by atoms with van der Waals surface area (Å²) < 4.78 is 13.8. The van der Waals surface area contributed by atoms with Gasteiger partial charge >= 0.3 is 0 Å². The molecule has 0 unspecified atom stereocenters. The van der Waals surface area contributed by atoms with Crippen LogP contribution in [0, 0.1) is 11.7 Å². The van der Waals surface area contributed by atoms with E-state index in [0.717, 1.165) is 10.2 Å². The van der Waals surface area contributed by atoms with E-state index in [-0.39, 0.29) is 17.6 Å². The first-order chi connectivity index (χ1) is 11.0. The summed E-state index contributed by atoms with van der Waals surface area (Å²) in [6, 6.07) is 12.9. The van der Waals surface area contributed by atoms with Crippen molar-refractivity contribution in [1.29, 1.82) is 0 Å². The van der Waals surface area contributed by atoms with Crippen LogP contribution in [0.25, 0.3) is 0 Å². The van der Waals surface area contributed by atoms with Gasteiger partial charge in [-0.15, -0.1) is 0 Å². The molecule has 0 bridgehead atoms.